The Labute approximate surface area is 83.1 Å². The van der Waals surface area contributed by atoms with Crippen LogP contribution < -0.4 is 10.4 Å². The van der Waals surface area contributed by atoms with Crippen molar-refractivity contribution < 1.29 is 25.1 Å². The second kappa shape index (κ2) is 4.72. The van der Waals surface area contributed by atoms with E-state index in [1.807, 2.05) is 5.32 Å². The Morgan fingerprint density at radius 2 is 2.50 bits per heavy atom. The highest BCUT2D eigenvalue weighted by atomic mass is 16.5. The topological polar surface area (TPSA) is 86.2 Å². The maximum atomic E-state index is 10.2. The number of rotatable bonds is 4. The van der Waals surface area contributed by atoms with Crippen LogP contribution in [0.2, 0.25) is 0 Å². The van der Waals surface area contributed by atoms with E-state index in [0.717, 1.165) is 0 Å². The number of aliphatic carboxylic acids is 1. The number of carbonyl (C=O) groups excluding carboxylic acids is 1. The zero-order valence-electron chi connectivity index (χ0n) is 8.36. The summed E-state index contributed by atoms with van der Waals surface area (Å²) in [5.74, 6) is -1.06. The fourth-order valence-corrected chi connectivity index (χ4v) is 1.58. The van der Waals surface area contributed by atoms with Gasteiger partial charge in [-0.15, -0.1) is 0 Å². The van der Waals surface area contributed by atoms with E-state index in [2.05, 4.69) is 0 Å². The standard InChI is InChI=1S/C9H17NO4/c1-9(13)3-5-14-6-7(9)10-4-2-8(11)12/h7,10,13H,2-6H2,1H3,(H,11,12)/t7-,9+/m0/s1. The molecule has 0 bridgehead atoms. The molecule has 0 aliphatic carbocycles. The van der Waals surface area contributed by atoms with Crippen LogP contribution >= 0.6 is 0 Å². The monoisotopic (exact) mass is 203 g/mol. The number of carboxylic acids is 1. The number of hydrogen-bond donors (Lipinski definition) is 2. The van der Waals surface area contributed by atoms with Gasteiger partial charge in [0, 0.05) is 25.4 Å². The third kappa shape index (κ3) is 3.25. The molecule has 1 saturated heterocycles. The highest BCUT2D eigenvalue weighted by molar-refractivity contribution is 5.64. The van der Waals surface area contributed by atoms with E-state index in [0.29, 0.717) is 26.2 Å². The average Bonchev–Trinajstić information content (AvgIpc) is 2.07. The lowest BCUT2D eigenvalue weighted by Crippen LogP contribution is -2.96. The average molecular weight is 203 g/mol. The van der Waals surface area contributed by atoms with Crippen LogP contribution in [0.4, 0.5) is 0 Å². The Morgan fingerprint density at radius 3 is 3.07 bits per heavy atom. The first-order valence-electron chi connectivity index (χ1n) is 4.85. The number of ether oxygens (including phenoxy) is 1. The van der Waals surface area contributed by atoms with Gasteiger partial charge in [-0.2, -0.15) is 0 Å². The SMILES string of the molecule is C[C@@]1(O)CCOC[C@@H]1[NH2+]CCC(=O)[O-]. The minimum atomic E-state index is -1.06. The molecule has 3 N–H and O–H groups in total. The van der Waals surface area contributed by atoms with E-state index in [1.54, 1.807) is 6.92 Å². The largest absolute Gasteiger partial charge is 0.550 e. The van der Waals surface area contributed by atoms with Crippen LogP contribution in [-0.2, 0) is 9.53 Å². The van der Waals surface area contributed by atoms with Crippen molar-refractivity contribution in [2.45, 2.75) is 31.4 Å². The van der Waals surface area contributed by atoms with E-state index >= 15 is 0 Å². The van der Waals surface area contributed by atoms with Crippen LogP contribution in [0, 0.1) is 0 Å². The summed E-state index contributed by atoms with van der Waals surface area (Å²) in [4.78, 5) is 10.2. The molecule has 0 saturated carbocycles. The van der Waals surface area contributed by atoms with Crippen molar-refractivity contribution in [1.82, 2.24) is 0 Å². The summed E-state index contributed by atoms with van der Waals surface area (Å²) in [6, 6.07) is -0.0735. The Hall–Kier alpha value is -0.650. The second-order valence-corrected chi connectivity index (χ2v) is 3.93. The molecule has 1 fully saturated rings. The molecule has 14 heavy (non-hydrogen) atoms. The van der Waals surface area contributed by atoms with Crippen LogP contribution in [0.15, 0.2) is 0 Å². The number of hydrogen-bond acceptors (Lipinski definition) is 4. The van der Waals surface area contributed by atoms with Crippen LogP contribution in [0.5, 0.6) is 0 Å². The second-order valence-electron chi connectivity index (χ2n) is 3.93. The molecule has 0 amide bonds. The molecule has 82 valence electrons. The van der Waals surface area contributed by atoms with Crippen LogP contribution in [0.3, 0.4) is 0 Å². The van der Waals surface area contributed by atoms with Crippen LogP contribution in [0.25, 0.3) is 0 Å². The van der Waals surface area contributed by atoms with E-state index in [1.165, 1.54) is 0 Å². The molecule has 0 unspecified atom stereocenters. The predicted octanol–water partition coefficient (Wildman–Crippen LogP) is -2.77. The first-order valence-corrected chi connectivity index (χ1v) is 4.85. The smallest absolute Gasteiger partial charge is 0.138 e. The normalized spacial score (nSPS) is 32.9. The Bertz CT molecular complexity index is 205. The fraction of sp³-hybridized carbons (Fsp3) is 0.889. The lowest BCUT2D eigenvalue weighted by molar-refractivity contribution is -0.707. The summed E-state index contributed by atoms with van der Waals surface area (Å²) >= 11 is 0. The Kier molecular flexibility index (Phi) is 3.86. The highest BCUT2D eigenvalue weighted by Gasteiger charge is 2.37. The zero-order valence-corrected chi connectivity index (χ0v) is 8.36. The summed E-state index contributed by atoms with van der Waals surface area (Å²) in [6.07, 6.45) is 0.603. The molecule has 0 aromatic heterocycles. The molecule has 0 radical (unpaired) electrons. The molecule has 0 aromatic rings. The molecule has 5 heteroatoms. The van der Waals surface area contributed by atoms with Crippen LogP contribution in [-0.4, -0.2) is 42.5 Å². The van der Waals surface area contributed by atoms with Gasteiger partial charge in [0.05, 0.1) is 6.54 Å². The fourth-order valence-electron chi connectivity index (χ4n) is 1.58. The predicted molar refractivity (Wildman–Crippen MR) is 46.3 cm³/mol. The van der Waals surface area contributed by atoms with Crippen molar-refractivity contribution in [3.05, 3.63) is 0 Å². The van der Waals surface area contributed by atoms with Gasteiger partial charge in [0.15, 0.2) is 0 Å². The molecule has 1 heterocycles. The number of nitrogens with two attached hydrogens (primary N) is 1. The Morgan fingerprint density at radius 1 is 1.79 bits per heavy atom. The van der Waals surface area contributed by atoms with Crippen molar-refractivity contribution in [1.29, 1.82) is 0 Å². The van der Waals surface area contributed by atoms with Gasteiger partial charge in [-0.25, -0.2) is 0 Å². The molecular formula is C9H17NO4. The van der Waals surface area contributed by atoms with Gasteiger partial charge in [-0.3, -0.25) is 0 Å². The minimum Gasteiger partial charge on any atom is -0.550 e. The summed E-state index contributed by atoms with van der Waals surface area (Å²) in [5, 5.41) is 21.9. The molecule has 1 rings (SSSR count). The molecule has 5 nitrogen and oxygen atoms in total. The lowest BCUT2D eigenvalue weighted by Gasteiger charge is -2.34. The first-order chi connectivity index (χ1) is 6.52. The molecule has 1 aliphatic rings. The van der Waals surface area contributed by atoms with Gasteiger partial charge < -0.3 is 25.1 Å². The van der Waals surface area contributed by atoms with Gasteiger partial charge in [0.1, 0.15) is 18.2 Å². The van der Waals surface area contributed by atoms with Gasteiger partial charge in [-0.1, -0.05) is 0 Å². The van der Waals surface area contributed by atoms with Gasteiger partial charge in [-0.05, 0) is 6.92 Å². The maximum Gasteiger partial charge on any atom is 0.138 e. The number of carboxylic acid groups (broad SMARTS) is 1. The van der Waals surface area contributed by atoms with Crippen LogP contribution in [0.1, 0.15) is 19.8 Å². The number of aliphatic hydroxyl groups is 1. The van der Waals surface area contributed by atoms with Crippen molar-refractivity contribution >= 4 is 5.97 Å². The van der Waals surface area contributed by atoms with Crippen molar-refractivity contribution in [2.24, 2.45) is 0 Å². The van der Waals surface area contributed by atoms with Crippen molar-refractivity contribution in [3.8, 4) is 0 Å². The highest BCUT2D eigenvalue weighted by Crippen LogP contribution is 2.17. The van der Waals surface area contributed by atoms with Crippen molar-refractivity contribution in [2.75, 3.05) is 19.8 Å². The molecule has 1 aliphatic heterocycles. The molecule has 0 aromatic carbocycles. The van der Waals surface area contributed by atoms with E-state index in [-0.39, 0.29) is 12.5 Å². The van der Waals surface area contributed by atoms with Gasteiger partial charge in [0.25, 0.3) is 0 Å². The summed E-state index contributed by atoms with van der Waals surface area (Å²) in [6.45, 7) is 3.22. The summed E-state index contributed by atoms with van der Waals surface area (Å²) in [5.41, 5.74) is -0.760. The third-order valence-corrected chi connectivity index (χ3v) is 2.65. The van der Waals surface area contributed by atoms with Gasteiger partial charge >= 0.3 is 0 Å². The van der Waals surface area contributed by atoms with E-state index in [9.17, 15) is 15.0 Å². The molecule has 2 atom stereocenters. The Balaban J connectivity index is 2.31. The lowest BCUT2D eigenvalue weighted by atomic mass is 9.91. The summed E-state index contributed by atoms with van der Waals surface area (Å²) in [7, 11) is 0. The quantitative estimate of drug-likeness (QED) is 0.518. The first kappa shape index (κ1) is 11.4. The van der Waals surface area contributed by atoms with Crippen molar-refractivity contribution in [3.63, 3.8) is 0 Å². The number of carbonyl (C=O) groups is 1. The zero-order chi connectivity index (χ0) is 10.6. The number of quaternary nitrogens is 1. The third-order valence-electron chi connectivity index (χ3n) is 2.65. The molecular weight excluding hydrogens is 186 g/mol. The van der Waals surface area contributed by atoms with E-state index in [4.69, 9.17) is 4.74 Å². The summed E-state index contributed by atoms with van der Waals surface area (Å²) < 4.78 is 5.22. The van der Waals surface area contributed by atoms with E-state index < -0.39 is 11.6 Å². The molecule has 0 spiro atoms. The maximum absolute atomic E-state index is 10.2. The minimum absolute atomic E-state index is 0.00653. The van der Waals surface area contributed by atoms with Gasteiger partial charge in [0.2, 0.25) is 0 Å².